The van der Waals surface area contributed by atoms with Crippen LogP contribution >= 0.6 is 0 Å². The van der Waals surface area contributed by atoms with E-state index in [-0.39, 0.29) is 22.8 Å². The third kappa shape index (κ3) is 3.49. The van der Waals surface area contributed by atoms with Gasteiger partial charge in [0.2, 0.25) is 10.0 Å². The van der Waals surface area contributed by atoms with E-state index in [0.717, 1.165) is 12.1 Å². The highest BCUT2D eigenvalue weighted by molar-refractivity contribution is 7.89. The van der Waals surface area contributed by atoms with Crippen molar-refractivity contribution < 1.29 is 13.3 Å². The summed E-state index contributed by atoms with van der Waals surface area (Å²) in [7, 11) is -3.99. The highest BCUT2D eigenvalue weighted by Crippen LogP contribution is 2.23. The van der Waals surface area contributed by atoms with Gasteiger partial charge in [-0.2, -0.15) is 10.2 Å². The van der Waals surface area contributed by atoms with E-state index in [0.29, 0.717) is 5.69 Å². The zero-order valence-corrected chi connectivity index (χ0v) is 11.4. The summed E-state index contributed by atoms with van der Waals surface area (Å²) >= 11 is 0. The van der Waals surface area contributed by atoms with Gasteiger partial charge in [-0.05, 0) is 18.2 Å². The first-order valence-corrected chi connectivity index (χ1v) is 7.18. The molecule has 0 saturated carbocycles. The summed E-state index contributed by atoms with van der Waals surface area (Å²) < 4.78 is 26.5. The highest BCUT2D eigenvalue weighted by atomic mass is 32.2. The lowest BCUT2D eigenvalue weighted by Gasteiger charge is -2.08. The predicted molar refractivity (Wildman–Crippen MR) is 73.6 cm³/mol. The first-order chi connectivity index (χ1) is 9.90. The second-order valence-electron chi connectivity index (χ2n) is 4.02. The topological polar surface area (TPSA) is 141 Å². The molecule has 3 N–H and O–H groups in total. The lowest BCUT2D eigenvalue weighted by atomic mass is 10.3. The van der Waals surface area contributed by atoms with Crippen LogP contribution in [0.3, 0.4) is 0 Å². The Bertz CT molecular complexity index is 763. The van der Waals surface area contributed by atoms with E-state index in [1.807, 2.05) is 0 Å². The Labute approximate surface area is 120 Å². The van der Waals surface area contributed by atoms with E-state index in [2.05, 4.69) is 14.9 Å². The van der Waals surface area contributed by atoms with E-state index in [9.17, 15) is 18.5 Å². The number of nitro benzene ring substituents is 1. The molecule has 1 aromatic carbocycles. The minimum Gasteiger partial charge on any atom is -0.398 e. The SMILES string of the molecule is Nc1ccc([N+](=O)[O-])cc1S(=O)(=O)NCc1cccnn1. The van der Waals surface area contributed by atoms with Crippen LogP contribution in [-0.2, 0) is 16.6 Å². The van der Waals surface area contributed by atoms with Crippen molar-refractivity contribution in [2.24, 2.45) is 0 Å². The number of hydrogen-bond donors (Lipinski definition) is 2. The minimum absolute atomic E-state index is 0.0766. The lowest BCUT2D eigenvalue weighted by Crippen LogP contribution is -2.24. The van der Waals surface area contributed by atoms with Crippen LogP contribution in [0.2, 0.25) is 0 Å². The number of hydrogen-bond acceptors (Lipinski definition) is 7. The number of non-ortho nitro benzene ring substituents is 1. The number of aromatic nitrogens is 2. The molecule has 1 heterocycles. The molecule has 0 radical (unpaired) electrons. The average molecular weight is 309 g/mol. The van der Waals surface area contributed by atoms with Crippen LogP contribution in [0.4, 0.5) is 11.4 Å². The van der Waals surface area contributed by atoms with Crippen LogP contribution < -0.4 is 10.5 Å². The fourth-order valence-electron chi connectivity index (χ4n) is 1.54. The van der Waals surface area contributed by atoms with Gasteiger partial charge in [0.1, 0.15) is 4.90 Å². The van der Waals surface area contributed by atoms with E-state index in [1.165, 1.54) is 12.3 Å². The number of benzene rings is 1. The number of nitrogens with zero attached hydrogens (tertiary/aromatic N) is 3. The predicted octanol–water partition coefficient (Wildman–Crippen LogP) is 0.445. The van der Waals surface area contributed by atoms with Gasteiger partial charge in [-0.25, -0.2) is 13.1 Å². The molecule has 110 valence electrons. The molecule has 1 aromatic heterocycles. The van der Waals surface area contributed by atoms with Crippen molar-refractivity contribution in [2.75, 3.05) is 5.73 Å². The fraction of sp³-hybridized carbons (Fsp3) is 0.0909. The minimum atomic E-state index is -3.99. The number of sulfonamides is 1. The first kappa shape index (κ1) is 14.8. The second-order valence-corrected chi connectivity index (χ2v) is 5.75. The van der Waals surface area contributed by atoms with Crippen molar-refractivity contribution in [2.45, 2.75) is 11.4 Å². The summed E-state index contributed by atoms with van der Waals surface area (Å²) in [6, 6.07) is 6.42. The smallest absolute Gasteiger partial charge is 0.270 e. The summed E-state index contributed by atoms with van der Waals surface area (Å²) in [4.78, 5) is 9.66. The van der Waals surface area contributed by atoms with Crippen molar-refractivity contribution >= 4 is 21.4 Å². The van der Waals surface area contributed by atoms with Crippen LogP contribution in [0, 0.1) is 10.1 Å². The second kappa shape index (κ2) is 5.81. The molecule has 2 aromatic rings. The first-order valence-electron chi connectivity index (χ1n) is 5.70. The molecule has 0 aliphatic heterocycles. The third-order valence-electron chi connectivity index (χ3n) is 2.57. The Morgan fingerprint density at radius 2 is 2.10 bits per heavy atom. The molecule has 0 aliphatic carbocycles. The number of nitrogens with two attached hydrogens (primary N) is 1. The Kier molecular flexibility index (Phi) is 4.10. The molecule has 0 fully saturated rings. The molecular weight excluding hydrogens is 298 g/mol. The van der Waals surface area contributed by atoms with Crippen LogP contribution in [0.1, 0.15) is 5.69 Å². The zero-order chi connectivity index (χ0) is 15.5. The number of rotatable bonds is 5. The summed E-state index contributed by atoms with van der Waals surface area (Å²) in [6.07, 6.45) is 1.45. The number of anilines is 1. The van der Waals surface area contributed by atoms with Crippen LogP contribution in [0.15, 0.2) is 41.4 Å². The molecule has 0 bridgehead atoms. The van der Waals surface area contributed by atoms with E-state index in [4.69, 9.17) is 5.73 Å². The molecule has 0 atom stereocenters. The maximum absolute atomic E-state index is 12.1. The van der Waals surface area contributed by atoms with Gasteiger partial charge < -0.3 is 5.73 Å². The monoisotopic (exact) mass is 309 g/mol. The molecule has 9 nitrogen and oxygen atoms in total. The molecule has 0 saturated heterocycles. The Balaban J connectivity index is 2.27. The van der Waals surface area contributed by atoms with E-state index < -0.39 is 14.9 Å². The van der Waals surface area contributed by atoms with Crippen molar-refractivity contribution in [3.05, 3.63) is 52.3 Å². The number of nitrogens with one attached hydrogen (secondary N) is 1. The summed E-state index contributed by atoms with van der Waals surface area (Å²) in [5.74, 6) is 0. The largest absolute Gasteiger partial charge is 0.398 e. The van der Waals surface area contributed by atoms with Crippen molar-refractivity contribution in [1.82, 2.24) is 14.9 Å². The van der Waals surface area contributed by atoms with Crippen LogP contribution in [0.5, 0.6) is 0 Å². The van der Waals surface area contributed by atoms with Crippen molar-refractivity contribution in [1.29, 1.82) is 0 Å². The third-order valence-corrected chi connectivity index (χ3v) is 4.03. The van der Waals surface area contributed by atoms with Gasteiger partial charge in [0.25, 0.3) is 5.69 Å². The molecule has 0 amide bonds. The van der Waals surface area contributed by atoms with Crippen LogP contribution in [0.25, 0.3) is 0 Å². The van der Waals surface area contributed by atoms with Gasteiger partial charge in [-0.15, -0.1) is 0 Å². The standard InChI is InChI=1S/C11H11N5O4S/c12-10-4-3-9(16(17)18)6-11(10)21(19,20)14-7-8-2-1-5-13-15-8/h1-6,14H,7,12H2. The Hall–Kier alpha value is -2.59. The quantitative estimate of drug-likeness (QED) is 0.464. The molecule has 0 unspecified atom stereocenters. The van der Waals surface area contributed by atoms with Crippen LogP contribution in [-0.4, -0.2) is 23.5 Å². The maximum atomic E-state index is 12.1. The van der Waals surface area contributed by atoms with Gasteiger partial charge in [0, 0.05) is 18.3 Å². The molecule has 10 heteroatoms. The molecule has 0 spiro atoms. The molecule has 21 heavy (non-hydrogen) atoms. The average Bonchev–Trinajstić information content (AvgIpc) is 2.46. The normalized spacial score (nSPS) is 11.2. The van der Waals surface area contributed by atoms with E-state index >= 15 is 0 Å². The van der Waals surface area contributed by atoms with Gasteiger partial charge >= 0.3 is 0 Å². The molecule has 2 rings (SSSR count). The number of nitrogen functional groups attached to an aromatic ring is 1. The summed E-state index contributed by atoms with van der Waals surface area (Å²) in [5, 5.41) is 18.0. The van der Waals surface area contributed by atoms with Crippen molar-refractivity contribution in [3.8, 4) is 0 Å². The number of nitro groups is 1. The summed E-state index contributed by atoms with van der Waals surface area (Å²) in [5.41, 5.74) is 5.55. The lowest BCUT2D eigenvalue weighted by molar-refractivity contribution is -0.385. The Morgan fingerprint density at radius 1 is 1.33 bits per heavy atom. The van der Waals surface area contributed by atoms with Gasteiger partial charge in [0.05, 0.1) is 22.8 Å². The van der Waals surface area contributed by atoms with Gasteiger partial charge in [-0.1, -0.05) is 0 Å². The maximum Gasteiger partial charge on any atom is 0.270 e. The zero-order valence-electron chi connectivity index (χ0n) is 10.6. The Morgan fingerprint density at radius 3 is 2.71 bits per heavy atom. The molecule has 0 aliphatic rings. The van der Waals surface area contributed by atoms with E-state index in [1.54, 1.807) is 12.1 Å². The van der Waals surface area contributed by atoms with Gasteiger partial charge in [0.15, 0.2) is 0 Å². The van der Waals surface area contributed by atoms with Gasteiger partial charge in [-0.3, -0.25) is 10.1 Å². The molecular formula is C11H11N5O4S. The summed E-state index contributed by atoms with van der Waals surface area (Å²) in [6.45, 7) is -0.0989. The highest BCUT2D eigenvalue weighted by Gasteiger charge is 2.21. The van der Waals surface area contributed by atoms with Crippen molar-refractivity contribution in [3.63, 3.8) is 0 Å². The fourth-order valence-corrected chi connectivity index (χ4v) is 2.69.